The van der Waals surface area contributed by atoms with Crippen molar-refractivity contribution in [1.82, 2.24) is 0 Å². The molecule has 1 atom stereocenters. The van der Waals surface area contributed by atoms with Gasteiger partial charge in [0.05, 0.1) is 6.61 Å². The van der Waals surface area contributed by atoms with Crippen molar-refractivity contribution in [1.29, 1.82) is 0 Å². The average Bonchev–Trinajstić information content (AvgIpc) is 2.62. The van der Waals surface area contributed by atoms with Gasteiger partial charge in [0.1, 0.15) is 6.61 Å². The van der Waals surface area contributed by atoms with Crippen LogP contribution in [0, 0.1) is 0 Å². The fraction of sp³-hybridized carbons (Fsp3) is 0.700. The van der Waals surface area contributed by atoms with Crippen molar-refractivity contribution in [2.75, 3.05) is 19.0 Å². The highest BCUT2D eigenvalue weighted by molar-refractivity contribution is 7.80. The van der Waals surface area contributed by atoms with E-state index in [1.165, 1.54) is 0 Å². The van der Waals surface area contributed by atoms with Gasteiger partial charge in [-0.05, 0) is 12.8 Å². The van der Waals surface area contributed by atoms with Gasteiger partial charge in [0.25, 0.3) is 0 Å². The van der Waals surface area contributed by atoms with E-state index in [0.717, 1.165) is 24.8 Å². The number of hydrogen-bond acceptors (Lipinski definition) is 5. The molecule has 0 amide bonds. The fourth-order valence-corrected chi connectivity index (χ4v) is 1.85. The molecule has 0 saturated carbocycles. The lowest BCUT2D eigenvalue weighted by molar-refractivity contribution is -0.159. The van der Waals surface area contributed by atoms with E-state index in [2.05, 4.69) is 12.6 Å². The number of cyclic esters (lactones) is 1. The molecule has 0 spiro atoms. The van der Waals surface area contributed by atoms with Crippen LogP contribution in [-0.2, 0) is 19.0 Å². The van der Waals surface area contributed by atoms with Crippen LogP contribution in [-0.4, -0.2) is 31.2 Å². The molecule has 4 nitrogen and oxygen atoms in total. The van der Waals surface area contributed by atoms with E-state index in [-0.39, 0.29) is 6.29 Å². The van der Waals surface area contributed by atoms with Crippen LogP contribution < -0.4 is 0 Å². The maximum atomic E-state index is 11.3. The highest BCUT2D eigenvalue weighted by atomic mass is 32.1. The van der Waals surface area contributed by atoms with Crippen molar-refractivity contribution < 1.29 is 19.0 Å². The van der Waals surface area contributed by atoms with Crippen LogP contribution in [0.3, 0.4) is 0 Å². The molecule has 0 N–H and O–H groups in total. The zero-order chi connectivity index (χ0) is 10.7. The van der Waals surface area contributed by atoms with Crippen LogP contribution in [0.4, 0.5) is 0 Å². The monoisotopic (exact) mass is 230 g/mol. The molecule has 0 aromatic heterocycles. The van der Waals surface area contributed by atoms with Gasteiger partial charge in [-0.15, -0.1) is 0 Å². The lowest BCUT2D eigenvalue weighted by Gasteiger charge is -2.23. The molecule has 0 aliphatic carbocycles. The first-order valence-electron chi connectivity index (χ1n) is 5.09. The van der Waals surface area contributed by atoms with Gasteiger partial charge in [-0.2, -0.15) is 12.6 Å². The average molecular weight is 230 g/mol. The maximum Gasteiger partial charge on any atom is 0.374 e. The summed E-state index contributed by atoms with van der Waals surface area (Å²) >= 11 is 4.12. The summed E-state index contributed by atoms with van der Waals surface area (Å²) in [4.78, 5) is 11.3. The number of thiol groups is 1. The minimum Gasteiger partial charge on any atom is -0.457 e. The Labute approximate surface area is 94.0 Å². The van der Waals surface area contributed by atoms with Crippen LogP contribution in [0.15, 0.2) is 11.3 Å². The number of rotatable bonds is 3. The Kier molecular flexibility index (Phi) is 3.53. The predicted molar refractivity (Wildman–Crippen MR) is 56.5 cm³/mol. The fourth-order valence-electron chi connectivity index (χ4n) is 1.61. The quantitative estimate of drug-likeness (QED) is 0.586. The van der Waals surface area contributed by atoms with Crippen molar-refractivity contribution in [3.8, 4) is 0 Å². The second-order valence-corrected chi connectivity index (χ2v) is 3.90. The summed E-state index contributed by atoms with van der Waals surface area (Å²) in [6, 6.07) is 0. The standard InChI is InChI=1S/C10H14O4S/c11-10-9(7(6-15)5-13-10)14-8-3-1-2-4-12-8/h8,15H,1-6H2. The van der Waals surface area contributed by atoms with Gasteiger partial charge in [0, 0.05) is 17.7 Å². The van der Waals surface area contributed by atoms with E-state index in [4.69, 9.17) is 14.2 Å². The van der Waals surface area contributed by atoms with Gasteiger partial charge in [0.2, 0.25) is 5.76 Å². The molecular formula is C10H14O4S. The number of esters is 1. The van der Waals surface area contributed by atoms with Crippen LogP contribution in [0.25, 0.3) is 0 Å². The molecule has 1 unspecified atom stereocenters. The topological polar surface area (TPSA) is 44.8 Å². The molecule has 0 aromatic carbocycles. The first kappa shape index (κ1) is 10.8. The Hall–Kier alpha value is -0.680. The highest BCUT2D eigenvalue weighted by Crippen LogP contribution is 2.23. The van der Waals surface area contributed by atoms with E-state index >= 15 is 0 Å². The molecule has 5 heteroatoms. The molecular weight excluding hydrogens is 216 g/mol. The third kappa shape index (κ3) is 2.46. The molecule has 84 valence electrons. The van der Waals surface area contributed by atoms with E-state index in [1.54, 1.807) is 0 Å². The first-order valence-corrected chi connectivity index (χ1v) is 5.73. The molecule has 0 aromatic rings. The second-order valence-electron chi connectivity index (χ2n) is 3.58. The number of ether oxygens (including phenoxy) is 3. The minimum atomic E-state index is -0.395. The zero-order valence-electron chi connectivity index (χ0n) is 8.40. The summed E-state index contributed by atoms with van der Waals surface area (Å²) in [6.07, 6.45) is 2.66. The Morgan fingerprint density at radius 1 is 1.47 bits per heavy atom. The summed E-state index contributed by atoms with van der Waals surface area (Å²) in [5, 5.41) is 0. The normalized spacial score (nSPS) is 26.7. The summed E-state index contributed by atoms with van der Waals surface area (Å²) < 4.78 is 15.8. The molecule has 1 saturated heterocycles. The van der Waals surface area contributed by atoms with Crippen LogP contribution in [0.5, 0.6) is 0 Å². The van der Waals surface area contributed by atoms with Crippen LogP contribution in [0.1, 0.15) is 19.3 Å². The number of carbonyl (C=O) groups excluding carboxylic acids is 1. The number of carbonyl (C=O) groups is 1. The van der Waals surface area contributed by atoms with Crippen molar-refractivity contribution in [2.24, 2.45) is 0 Å². The van der Waals surface area contributed by atoms with E-state index in [0.29, 0.717) is 24.7 Å². The van der Waals surface area contributed by atoms with Gasteiger partial charge in [-0.1, -0.05) is 0 Å². The Bertz CT molecular complexity index is 281. The lowest BCUT2D eigenvalue weighted by atomic mass is 10.2. The van der Waals surface area contributed by atoms with Gasteiger partial charge in [-0.3, -0.25) is 0 Å². The third-order valence-corrected chi connectivity index (χ3v) is 2.84. The SMILES string of the molecule is O=C1OCC(CS)=C1OC1CCCCO1. The highest BCUT2D eigenvalue weighted by Gasteiger charge is 2.29. The summed E-state index contributed by atoms with van der Waals surface area (Å²) in [5.74, 6) is 0.387. The molecule has 2 heterocycles. The van der Waals surface area contributed by atoms with Crippen molar-refractivity contribution in [3.05, 3.63) is 11.3 Å². The van der Waals surface area contributed by atoms with Crippen LogP contribution in [0.2, 0.25) is 0 Å². The zero-order valence-corrected chi connectivity index (χ0v) is 9.29. The molecule has 0 radical (unpaired) electrons. The Morgan fingerprint density at radius 3 is 3.00 bits per heavy atom. The van der Waals surface area contributed by atoms with Gasteiger partial charge >= 0.3 is 5.97 Å². The first-order chi connectivity index (χ1) is 7.31. The minimum absolute atomic E-state index is 0.296. The molecule has 0 bridgehead atoms. The van der Waals surface area contributed by atoms with E-state index in [9.17, 15) is 4.79 Å². The summed E-state index contributed by atoms with van der Waals surface area (Å²) in [7, 11) is 0. The van der Waals surface area contributed by atoms with Crippen LogP contribution >= 0.6 is 12.6 Å². The van der Waals surface area contributed by atoms with Crippen molar-refractivity contribution in [2.45, 2.75) is 25.6 Å². The second kappa shape index (κ2) is 4.90. The predicted octanol–water partition coefficient (Wildman–Crippen LogP) is 1.27. The van der Waals surface area contributed by atoms with E-state index in [1.807, 2.05) is 0 Å². The molecule has 1 fully saturated rings. The molecule has 2 aliphatic rings. The van der Waals surface area contributed by atoms with Crippen molar-refractivity contribution >= 4 is 18.6 Å². The smallest absolute Gasteiger partial charge is 0.374 e. The Morgan fingerprint density at radius 2 is 2.33 bits per heavy atom. The Balaban J connectivity index is 1.99. The lowest BCUT2D eigenvalue weighted by Crippen LogP contribution is -2.23. The maximum absolute atomic E-state index is 11.3. The van der Waals surface area contributed by atoms with Gasteiger partial charge < -0.3 is 14.2 Å². The summed E-state index contributed by atoms with van der Waals surface area (Å²) in [6.45, 7) is 0.994. The third-order valence-electron chi connectivity index (χ3n) is 2.46. The van der Waals surface area contributed by atoms with E-state index < -0.39 is 5.97 Å². The van der Waals surface area contributed by atoms with Gasteiger partial charge in [-0.25, -0.2) is 4.79 Å². The van der Waals surface area contributed by atoms with Crippen molar-refractivity contribution in [3.63, 3.8) is 0 Å². The molecule has 2 rings (SSSR count). The summed E-state index contributed by atoms with van der Waals surface area (Å²) in [5.41, 5.74) is 0.803. The number of hydrogen-bond donors (Lipinski definition) is 1. The molecule has 2 aliphatic heterocycles. The molecule has 15 heavy (non-hydrogen) atoms. The largest absolute Gasteiger partial charge is 0.457 e. The van der Waals surface area contributed by atoms with Gasteiger partial charge in [0.15, 0.2) is 6.29 Å².